The normalized spacial score (nSPS) is 11.6. The van der Waals surface area contributed by atoms with Crippen LogP contribution in [0.5, 0.6) is 0 Å². The van der Waals surface area contributed by atoms with Gasteiger partial charge in [-0.25, -0.2) is 18.1 Å². The van der Waals surface area contributed by atoms with Crippen LogP contribution in [0.25, 0.3) is 0 Å². The lowest BCUT2D eigenvalue weighted by Gasteiger charge is -2.07. The Kier molecular flexibility index (Phi) is 7.23. The van der Waals surface area contributed by atoms with Crippen LogP contribution >= 0.6 is 11.3 Å². The predicted molar refractivity (Wildman–Crippen MR) is 104 cm³/mol. The summed E-state index contributed by atoms with van der Waals surface area (Å²) in [7, 11) is -3.72. The molecule has 0 aliphatic heterocycles. The Balaban J connectivity index is 1.80. The van der Waals surface area contributed by atoms with Gasteiger partial charge < -0.3 is 5.32 Å². The molecule has 1 amide bonds. The van der Waals surface area contributed by atoms with E-state index in [9.17, 15) is 18.0 Å². The molecule has 0 bridgehead atoms. The van der Waals surface area contributed by atoms with Crippen molar-refractivity contribution in [1.82, 2.24) is 15.0 Å². The summed E-state index contributed by atoms with van der Waals surface area (Å²) in [5, 5.41) is 5.65. The van der Waals surface area contributed by atoms with Gasteiger partial charge >= 0.3 is 0 Å². The van der Waals surface area contributed by atoms with Crippen LogP contribution in [0.2, 0.25) is 0 Å². The zero-order valence-electron chi connectivity index (χ0n) is 15.5. The smallest absolute Gasteiger partial charge is 0.240 e. The monoisotopic (exact) mass is 409 g/mol. The van der Waals surface area contributed by atoms with Gasteiger partial charge in [0, 0.05) is 29.8 Å². The van der Waals surface area contributed by atoms with Gasteiger partial charge in [-0.1, -0.05) is 26.0 Å². The van der Waals surface area contributed by atoms with Crippen LogP contribution in [-0.4, -0.2) is 31.6 Å². The van der Waals surface area contributed by atoms with Gasteiger partial charge in [0.1, 0.15) is 0 Å². The Labute approximate surface area is 163 Å². The molecular formula is C18H23N3O4S2. The highest BCUT2D eigenvalue weighted by atomic mass is 32.2. The molecule has 0 aliphatic carbocycles. The number of thiazole rings is 1. The van der Waals surface area contributed by atoms with E-state index in [-0.39, 0.29) is 29.6 Å². The first-order valence-corrected chi connectivity index (χ1v) is 10.9. The summed E-state index contributed by atoms with van der Waals surface area (Å²) in [4.78, 5) is 27.6. The molecule has 2 aromatic rings. The second kappa shape index (κ2) is 9.20. The summed E-state index contributed by atoms with van der Waals surface area (Å²) in [6.45, 7) is 5.83. The van der Waals surface area contributed by atoms with E-state index in [1.165, 1.54) is 31.2 Å². The summed E-state index contributed by atoms with van der Waals surface area (Å²) < 4.78 is 26.8. The van der Waals surface area contributed by atoms with E-state index in [1.807, 2.05) is 5.38 Å². The van der Waals surface area contributed by atoms with Crippen molar-refractivity contribution in [2.75, 3.05) is 6.54 Å². The molecule has 146 valence electrons. The van der Waals surface area contributed by atoms with E-state index in [1.54, 1.807) is 11.3 Å². The lowest BCUT2D eigenvalue weighted by atomic mass is 10.2. The van der Waals surface area contributed by atoms with Crippen LogP contribution in [0.15, 0.2) is 34.5 Å². The predicted octanol–water partition coefficient (Wildman–Crippen LogP) is 2.45. The average molecular weight is 410 g/mol. The maximum Gasteiger partial charge on any atom is 0.240 e. The van der Waals surface area contributed by atoms with Crippen LogP contribution < -0.4 is 10.0 Å². The summed E-state index contributed by atoms with van der Waals surface area (Å²) >= 11 is 1.56. The van der Waals surface area contributed by atoms with Gasteiger partial charge in [-0.2, -0.15) is 0 Å². The molecule has 0 atom stereocenters. The second-order valence-electron chi connectivity index (χ2n) is 6.34. The Morgan fingerprint density at radius 1 is 1.19 bits per heavy atom. The molecule has 0 radical (unpaired) electrons. The van der Waals surface area contributed by atoms with Gasteiger partial charge in [0.05, 0.1) is 22.1 Å². The van der Waals surface area contributed by atoms with Crippen molar-refractivity contribution in [1.29, 1.82) is 0 Å². The van der Waals surface area contributed by atoms with Crippen molar-refractivity contribution in [3.63, 3.8) is 0 Å². The van der Waals surface area contributed by atoms with Crippen LogP contribution in [0, 0.1) is 0 Å². The average Bonchev–Trinajstić information content (AvgIpc) is 3.09. The number of aromatic nitrogens is 1. The van der Waals surface area contributed by atoms with Crippen LogP contribution in [0.4, 0.5) is 0 Å². The minimum Gasteiger partial charge on any atom is -0.350 e. The highest BCUT2D eigenvalue weighted by Gasteiger charge is 2.15. The zero-order chi connectivity index (χ0) is 20.0. The first-order valence-electron chi connectivity index (χ1n) is 8.50. The lowest BCUT2D eigenvalue weighted by Crippen LogP contribution is -2.30. The number of hydrogen-bond donors (Lipinski definition) is 2. The summed E-state index contributed by atoms with van der Waals surface area (Å²) in [5.41, 5.74) is 1.24. The first-order chi connectivity index (χ1) is 12.7. The molecule has 0 saturated carbocycles. The maximum atomic E-state index is 12.2. The van der Waals surface area contributed by atoms with E-state index in [4.69, 9.17) is 0 Å². The van der Waals surface area contributed by atoms with Gasteiger partial charge in [-0.15, -0.1) is 11.3 Å². The van der Waals surface area contributed by atoms with E-state index >= 15 is 0 Å². The Hall–Kier alpha value is -2.10. The first kappa shape index (κ1) is 21.2. The van der Waals surface area contributed by atoms with Gasteiger partial charge in [0.2, 0.25) is 15.9 Å². The number of hydrogen-bond acceptors (Lipinski definition) is 6. The zero-order valence-corrected chi connectivity index (χ0v) is 17.1. The van der Waals surface area contributed by atoms with Crippen molar-refractivity contribution in [3.8, 4) is 0 Å². The van der Waals surface area contributed by atoms with Gasteiger partial charge in [-0.3, -0.25) is 9.59 Å². The number of Topliss-reactive ketones (excluding diaryl/α,β-unsaturated/α-hetero) is 1. The molecule has 9 heteroatoms. The molecule has 2 N–H and O–H groups in total. The van der Waals surface area contributed by atoms with E-state index in [0.717, 1.165) is 10.7 Å². The van der Waals surface area contributed by atoms with Crippen LogP contribution in [0.3, 0.4) is 0 Å². The molecule has 0 unspecified atom stereocenters. The van der Waals surface area contributed by atoms with E-state index in [0.29, 0.717) is 18.0 Å². The summed E-state index contributed by atoms with van der Waals surface area (Å²) in [5.74, 6) is -0.0497. The van der Waals surface area contributed by atoms with Gasteiger partial charge in [0.15, 0.2) is 5.78 Å². The molecule has 1 aromatic carbocycles. The fourth-order valence-corrected chi connectivity index (χ4v) is 4.06. The van der Waals surface area contributed by atoms with Crippen LogP contribution in [0.1, 0.15) is 54.2 Å². The fourth-order valence-electron chi connectivity index (χ4n) is 2.20. The van der Waals surface area contributed by atoms with E-state index in [2.05, 4.69) is 28.9 Å². The van der Waals surface area contributed by atoms with Crippen molar-refractivity contribution in [2.24, 2.45) is 0 Å². The number of benzene rings is 1. The minimum absolute atomic E-state index is 0.0169. The quantitative estimate of drug-likeness (QED) is 0.619. The SMILES string of the molecule is CC(=O)c1ccc(S(=O)(=O)NCCC(=O)NCc2csc(C(C)C)n2)cc1. The molecule has 27 heavy (non-hydrogen) atoms. The Morgan fingerprint density at radius 2 is 1.85 bits per heavy atom. The van der Waals surface area contributed by atoms with Gasteiger partial charge in [-0.05, 0) is 19.1 Å². The highest BCUT2D eigenvalue weighted by Crippen LogP contribution is 2.18. The third kappa shape index (κ3) is 6.23. The summed E-state index contributed by atoms with van der Waals surface area (Å²) in [6.07, 6.45) is 0.0198. The number of sulfonamides is 1. The Morgan fingerprint density at radius 3 is 2.41 bits per heavy atom. The molecular weight excluding hydrogens is 386 g/mol. The standard InChI is InChI=1S/C18H23N3O4S2/c1-12(2)18-21-15(11-26-18)10-19-17(23)8-9-20-27(24,25)16-6-4-14(5-7-16)13(3)22/h4-7,11-12,20H,8-10H2,1-3H3,(H,19,23). The van der Waals surface area contributed by atoms with Crippen LogP contribution in [-0.2, 0) is 21.4 Å². The van der Waals surface area contributed by atoms with Crippen molar-refractivity contribution in [3.05, 3.63) is 45.9 Å². The van der Waals surface area contributed by atoms with Crippen molar-refractivity contribution in [2.45, 2.75) is 44.6 Å². The molecule has 0 aliphatic rings. The van der Waals surface area contributed by atoms with Gasteiger partial charge in [0.25, 0.3) is 0 Å². The molecule has 0 spiro atoms. The lowest BCUT2D eigenvalue weighted by molar-refractivity contribution is -0.121. The Bertz CT molecular complexity index is 903. The topological polar surface area (TPSA) is 105 Å². The third-order valence-corrected chi connectivity index (χ3v) is 6.42. The molecule has 0 fully saturated rings. The fraction of sp³-hybridized carbons (Fsp3) is 0.389. The van der Waals surface area contributed by atoms with Crippen molar-refractivity contribution >= 4 is 33.1 Å². The molecule has 0 saturated heterocycles. The molecule has 7 nitrogen and oxygen atoms in total. The second-order valence-corrected chi connectivity index (χ2v) is 8.99. The largest absolute Gasteiger partial charge is 0.350 e. The number of amides is 1. The maximum absolute atomic E-state index is 12.2. The molecule has 1 aromatic heterocycles. The number of carbonyl (C=O) groups is 2. The third-order valence-electron chi connectivity index (χ3n) is 3.75. The minimum atomic E-state index is -3.72. The molecule has 1 heterocycles. The number of nitrogens with one attached hydrogen (secondary N) is 2. The number of rotatable bonds is 9. The highest BCUT2D eigenvalue weighted by molar-refractivity contribution is 7.89. The molecule has 2 rings (SSSR count). The number of carbonyl (C=O) groups excluding carboxylic acids is 2. The summed E-state index contributed by atoms with van der Waals surface area (Å²) in [6, 6.07) is 5.66. The van der Waals surface area contributed by atoms with Crippen molar-refractivity contribution < 1.29 is 18.0 Å². The number of ketones is 1. The van der Waals surface area contributed by atoms with E-state index < -0.39 is 10.0 Å². The number of nitrogens with zero attached hydrogens (tertiary/aromatic N) is 1.